The zero-order chi connectivity index (χ0) is 20.6. The average molecular weight is 420 g/mol. The third kappa shape index (κ3) is 3.23. The molecule has 0 bridgehead atoms. The first-order valence-corrected chi connectivity index (χ1v) is 10.8. The first-order chi connectivity index (χ1) is 15.3. The van der Waals surface area contributed by atoms with Gasteiger partial charge in [-0.1, -0.05) is 54.6 Å². The molecule has 6 rings (SSSR count). The predicted molar refractivity (Wildman–Crippen MR) is 128 cm³/mol. The van der Waals surface area contributed by atoms with Crippen LogP contribution in [0.3, 0.4) is 0 Å². The number of fused-ring (bicyclic) bond motifs is 2. The van der Waals surface area contributed by atoms with Crippen LogP contribution in [0, 0.1) is 0 Å². The van der Waals surface area contributed by atoms with E-state index in [1.807, 2.05) is 30.5 Å². The second-order valence-corrected chi connectivity index (χ2v) is 8.15. The Morgan fingerprint density at radius 3 is 2.48 bits per heavy atom. The van der Waals surface area contributed by atoms with Crippen LogP contribution in [0.15, 0.2) is 90.7 Å². The summed E-state index contributed by atoms with van der Waals surface area (Å²) in [6.45, 7) is 0. The summed E-state index contributed by atoms with van der Waals surface area (Å²) < 4.78 is 0. The van der Waals surface area contributed by atoms with Gasteiger partial charge in [0.2, 0.25) is 0 Å². The van der Waals surface area contributed by atoms with Gasteiger partial charge < -0.3 is 5.32 Å². The summed E-state index contributed by atoms with van der Waals surface area (Å²) in [6, 6.07) is 25.2. The Balaban J connectivity index is 1.40. The topological polar surface area (TPSA) is 66.5 Å². The van der Waals surface area contributed by atoms with E-state index in [1.165, 1.54) is 11.1 Å². The summed E-state index contributed by atoms with van der Waals surface area (Å²) in [7, 11) is 0. The average Bonchev–Trinajstić information content (AvgIpc) is 3.47. The molecule has 0 aliphatic heterocycles. The van der Waals surface area contributed by atoms with Crippen molar-refractivity contribution in [3.8, 4) is 22.3 Å². The van der Waals surface area contributed by atoms with E-state index in [2.05, 4.69) is 79.4 Å². The van der Waals surface area contributed by atoms with Crippen LogP contribution in [-0.2, 0) is 0 Å². The SMILES string of the molecule is c1ccc(-c2ccc(-c3csc4ncnc(Nc5ccc6cn[nH]c6c5)c34)cc2)cc1. The van der Waals surface area contributed by atoms with Crippen molar-refractivity contribution >= 4 is 44.0 Å². The van der Waals surface area contributed by atoms with Gasteiger partial charge in [0.25, 0.3) is 0 Å². The highest BCUT2D eigenvalue weighted by Gasteiger charge is 2.14. The van der Waals surface area contributed by atoms with Gasteiger partial charge in [0, 0.05) is 22.0 Å². The normalized spacial score (nSPS) is 11.2. The van der Waals surface area contributed by atoms with Crippen molar-refractivity contribution in [2.45, 2.75) is 0 Å². The number of hydrogen-bond acceptors (Lipinski definition) is 5. The lowest BCUT2D eigenvalue weighted by molar-refractivity contribution is 1.12. The van der Waals surface area contributed by atoms with Crippen LogP contribution < -0.4 is 5.32 Å². The number of nitrogens with one attached hydrogen (secondary N) is 2. The summed E-state index contributed by atoms with van der Waals surface area (Å²) >= 11 is 1.63. The third-order valence-electron chi connectivity index (χ3n) is 5.38. The van der Waals surface area contributed by atoms with Crippen LogP contribution in [0.25, 0.3) is 43.4 Å². The summed E-state index contributed by atoms with van der Waals surface area (Å²) in [5.41, 5.74) is 6.62. The first kappa shape index (κ1) is 17.8. The molecule has 0 aliphatic rings. The molecule has 2 N–H and O–H groups in total. The lowest BCUT2D eigenvalue weighted by atomic mass is 10.0. The van der Waals surface area contributed by atoms with E-state index in [1.54, 1.807) is 17.7 Å². The highest BCUT2D eigenvalue weighted by Crippen LogP contribution is 2.38. The van der Waals surface area contributed by atoms with Gasteiger partial charge >= 0.3 is 0 Å². The quantitative estimate of drug-likeness (QED) is 0.336. The molecule has 3 aromatic carbocycles. The molecule has 0 saturated carbocycles. The number of thiophene rings is 1. The third-order valence-corrected chi connectivity index (χ3v) is 6.26. The van der Waals surface area contributed by atoms with E-state index in [0.29, 0.717) is 0 Å². The summed E-state index contributed by atoms with van der Waals surface area (Å²) in [5.74, 6) is 0.798. The van der Waals surface area contributed by atoms with Gasteiger partial charge in [-0.15, -0.1) is 11.3 Å². The smallest absolute Gasteiger partial charge is 0.143 e. The minimum atomic E-state index is 0.798. The molecule has 3 heterocycles. The first-order valence-electron chi connectivity index (χ1n) is 9.93. The number of H-pyrrole nitrogens is 1. The highest BCUT2D eigenvalue weighted by molar-refractivity contribution is 7.17. The van der Waals surface area contributed by atoms with E-state index < -0.39 is 0 Å². The Morgan fingerprint density at radius 2 is 1.61 bits per heavy atom. The van der Waals surface area contributed by atoms with Gasteiger partial charge in [0.05, 0.1) is 17.1 Å². The van der Waals surface area contributed by atoms with Gasteiger partial charge in [0.15, 0.2) is 0 Å². The number of rotatable bonds is 4. The van der Waals surface area contributed by atoms with Gasteiger partial charge in [0.1, 0.15) is 17.0 Å². The van der Waals surface area contributed by atoms with Gasteiger partial charge in [-0.25, -0.2) is 9.97 Å². The number of nitrogens with zero attached hydrogens (tertiary/aromatic N) is 3. The van der Waals surface area contributed by atoms with Crippen molar-refractivity contribution in [1.29, 1.82) is 0 Å². The van der Waals surface area contributed by atoms with Gasteiger partial charge in [-0.05, 0) is 34.9 Å². The molecule has 6 aromatic rings. The second kappa shape index (κ2) is 7.34. The number of aromatic nitrogens is 4. The maximum Gasteiger partial charge on any atom is 0.143 e. The minimum Gasteiger partial charge on any atom is -0.340 e. The molecule has 0 atom stereocenters. The molecule has 31 heavy (non-hydrogen) atoms. The minimum absolute atomic E-state index is 0.798. The second-order valence-electron chi connectivity index (χ2n) is 7.29. The Kier molecular flexibility index (Phi) is 4.21. The van der Waals surface area contributed by atoms with Crippen LogP contribution in [-0.4, -0.2) is 20.2 Å². The van der Waals surface area contributed by atoms with Crippen molar-refractivity contribution in [2.75, 3.05) is 5.32 Å². The van der Waals surface area contributed by atoms with Crippen LogP contribution in [0.4, 0.5) is 11.5 Å². The molecular weight excluding hydrogens is 402 g/mol. The van der Waals surface area contributed by atoms with Crippen molar-refractivity contribution in [1.82, 2.24) is 20.2 Å². The fourth-order valence-electron chi connectivity index (χ4n) is 3.81. The van der Waals surface area contributed by atoms with Crippen molar-refractivity contribution in [3.05, 3.63) is 90.7 Å². The molecule has 6 heteroatoms. The van der Waals surface area contributed by atoms with E-state index in [4.69, 9.17) is 0 Å². The summed E-state index contributed by atoms with van der Waals surface area (Å²) in [4.78, 5) is 10.0. The zero-order valence-electron chi connectivity index (χ0n) is 16.4. The molecule has 148 valence electrons. The van der Waals surface area contributed by atoms with Crippen molar-refractivity contribution < 1.29 is 0 Å². The van der Waals surface area contributed by atoms with Gasteiger partial charge in [-0.2, -0.15) is 5.10 Å². The standard InChI is InChI=1S/C25H17N5S/c1-2-4-16(5-3-1)17-6-8-18(9-7-17)21-14-31-25-23(21)24(26-15-27-25)29-20-11-10-19-13-28-30-22(19)12-20/h1-15H,(H,28,30)(H,26,27,29). The van der Waals surface area contributed by atoms with Crippen LogP contribution >= 0.6 is 11.3 Å². The van der Waals surface area contributed by atoms with E-state index >= 15 is 0 Å². The monoisotopic (exact) mass is 419 g/mol. The van der Waals surface area contributed by atoms with Crippen molar-refractivity contribution in [3.63, 3.8) is 0 Å². The zero-order valence-corrected chi connectivity index (χ0v) is 17.2. The Bertz CT molecular complexity index is 1500. The van der Waals surface area contributed by atoms with Crippen LogP contribution in [0.1, 0.15) is 0 Å². The van der Waals surface area contributed by atoms with Gasteiger partial charge in [-0.3, -0.25) is 5.10 Å². The predicted octanol–water partition coefficient (Wildman–Crippen LogP) is 6.65. The Hall–Kier alpha value is -4.03. The fraction of sp³-hybridized carbons (Fsp3) is 0. The van der Waals surface area contributed by atoms with Crippen LogP contribution in [0.5, 0.6) is 0 Å². The molecule has 0 aliphatic carbocycles. The van der Waals surface area contributed by atoms with Crippen LogP contribution in [0.2, 0.25) is 0 Å². The molecule has 0 radical (unpaired) electrons. The van der Waals surface area contributed by atoms with E-state index in [9.17, 15) is 0 Å². The molecule has 0 amide bonds. The molecule has 0 spiro atoms. The lowest BCUT2D eigenvalue weighted by Gasteiger charge is -2.09. The Labute approximate surface area is 182 Å². The molecule has 0 saturated heterocycles. The maximum absolute atomic E-state index is 4.55. The fourth-order valence-corrected chi connectivity index (χ4v) is 4.72. The summed E-state index contributed by atoms with van der Waals surface area (Å²) in [6.07, 6.45) is 3.43. The molecule has 5 nitrogen and oxygen atoms in total. The molecule has 0 fully saturated rings. The van der Waals surface area contributed by atoms with Crippen molar-refractivity contribution in [2.24, 2.45) is 0 Å². The Morgan fingerprint density at radius 1 is 0.806 bits per heavy atom. The summed E-state index contributed by atoms with van der Waals surface area (Å²) in [5, 5.41) is 14.8. The number of aromatic amines is 1. The highest BCUT2D eigenvalue weighted by atomic mass is 32.1. The van der Waals surface area contributed by atoms with E-state index in [0.717, 1.165) is 43.8 Å². The molecule has 0 unspecified atom stereocenters. The maximum atomic E-state index is 4.55. The number of benzene rings is 3. The van der Waals surface area contributed by atoms with E-state index in [-0.39, 0.29) is 0 Å². The molecule has 3 aromatic heterocycles. The largest absolute Gasteiger partial charge is 0.340 e. The lowest BCUT2D eigenvalue weighted by Crippen LogP contribution is -1.95. The number of anilines is 2. The molecular formula is C25H17N5S. The number of hydrogen-bond donors (Lipinski definition) is 2.